The van der Waals surface area contributed by atoms with Crippen molar-refractivity contribution in [2.24, 2.45) is 11.3 Å². The van der Waals surface area contributed by atoms with Crippen molar-refractivity contribution < 1.29 is 5.11 Å². The van der Waals surface area contributed by atoms with Crippen LogP contribution in [0.4, 0.5) is 0 Å². The summed E-state index contributed by atoms with van der Waals surface area (Å²) < 4.78 is 1.82. The molecular weight excluding hydrogens is 236 g/mol. The summed E-state index contributed by atoms with van der Waals surface area (Å²) in [6.45, 7) is 9.24. The highest BCUT2D eigenvalue weighted by Gasteiger charge is 2.51. The van der Waals surface area contributed by atoms with E-state index in [2.05, 4.69) is 25.9 Å². The number of nitrogens with zero attached hydrogens (tertiary/aromatic N) is 2. The Morgan fingerprint density at radius 1 is 1.59 bits per heavy atom. The van der Waals surface area contributed by atoms with Crippen LogP contribution in [0.5, 0.6) is 0 Å². The van der Waals surface area contributed by atoms with Gasteiger partial charge in [0, 0.05) is 6.54 Å². The molecule has 0 bridgehead atoms. The van der Waals surface area contributed by atoms with Crippen LogP contribution in [0.1, 0.15) is 46.2 Å². The third kappa shape index (κ3) is 2.00. The highest BCUT2D eigenvalue weighted by atomic mass is 35.5. The van der Waals surface area contributed by atoms with E-state index in [0.29, 0.717) is 5.02 Å². The van der Waals surface area contributed by atoms with Gasteiger partial charge < -0.3 is 5.11 Å². The molecular formula is C13H21ClN2O. The minimum absolute atomic E-state index is 0.153. The van der Waals surface area contributed by atoms with Crippen LogP contribution in [-0.2, 0) is 12.1 Å². The van der Waals surface area contributed by atoms with Crippen molar-refractivity contribution in [1.29, 1.82) is 0 Å². The fourth-order valence-electron chi connectivity index (χ4n) is 3.32. The summed E-state index contributed by atoms with van der Waals surface area (Å²) in [5.74, 6) is 0.206. The lowest BCUT2D eigenvalue weighted by atomic mass is 9.87. The normalized spacial score (nSPS) is 32.0. The Labute approximate surface area is 108 Å². The molecule has 1 aromatic rings. The third-order valence-corrected chi connectivity index (χ3v) is 4.20. The average molecular weight is 257 g/mol. The van der Waals surface area contributed by atoms with Crippen LogP contribution in [0, 0.1) is 11.3 Å². The number of aliphatic hydroxyl groups is 1. The molecule has 1 fully saturated rings. The molecule has 1 N–H and O–H groups in total. The molecule has 2 unspecified atom stereocenters. The monoisotopic (exact) mass is 256 g/mol. The van der Waals surface area contributed by atoms with Gasteiger partial charge in [-0.2, -0.15) is 5.10 Å². The molecule has 17 heavy (non-hydrogen) atoms. The van der Waals surface area contributed by atoms with Crippen LogP contribution >= 0.6 is 11.6 Å². The van der Waals surface area contributed by atoms with Gasteiger partial charge in [-0.3, -0.25) is 4.68 Å². The first-order valence-electron chi connectivity index (χ1n) is 6.24. The molecule has 3 nitrogen and oxygen atoms in total. The molecule has 96 valence electrons. The SMILES string of the molecule is CCn1ncc(Cl)c1C1(O)CC(C)(C)CC1C. The maximum Gasteiger partial charge on any atom is 0.111 e. The fraction of sp³-hybridized carbons (Fsp3) is 0.769. The molecule has 2 atom stereocenters. The highest BCUT2D eigenvalue weighted by Crippen LogP contribution is 2.53. The molecule has 0 spiro atoms. The van der Waals surface area contributed by atoms with E-state index in [1.807, 2.05) is 11.6 Å². The number of halogens is 1. The number of hydrogen-bond donors (Lipinski definition) is 1. The summed E-state index contributed by atoms with van der Waals surface area (Å²) in [5, 5.41) is 15.8. The van der Waals surface area contributed by atoms with E-state index in [1.165, 1.54) is 0 Å². The number of aromatic nitrogens is 2. The smallest absolute Gasteiger partial charge is 0.111 e. The molecule has 1 aromatic heterocycles. The summed E-state index contributed by atoms with van der Waals surface area (Å²) in [7, 11) is 0. The van der Waals surface area contributed by atoms with E-state index in [0.717, 1.165) is 25.1 Å². The lowest BCUT2D eigenvalue weighted by Gasteiger charge is -2.29. The van der Waals surface area contributed by atoms with E-state index in [-0.39, 0.29) is 11.3 Å². The minimum Gasteiger partial charge on any atom is -0.383 e. The first-order chi connectivity index (χ1) is 7.80. The standard InChI is InChI=1S/C13H21ClN2O/c1-5-16-11(10(14)7-15-16)13(17)8-12(3,4)6-9(13)2/h7,9,17H,5-6,8H2,1-4H3. The Bertz CT molecular complexity index is 427. The molecule has 1 saturated carbocycles. The van der Waals surface area contributed by atoms with Crippen molar-refractivity contribution in [1.82, 2.24) is 9.78 Å². The number of hydrogen-bond acceptors (Lipinski definition) is 2. The number of rotatable bonds is 2. The predicted molar refractivity (Wildman–Crippen MR) is 69.0 cm³/mol. The molecule has 1 aliphatic rings. The van der Waals surface area contributed by atoms with Crippen LogP contribution in [-0.4, -0.2) is 14.9 Å². The van der Waals surface area contributed by atoms with Crippen LogP contribution in [0.2, 0.25) is 5.02 Å². The summed E-state index contributed by atoms with van der Waals surface area (Å²) in [4.78, 5) is 0. The van der Waals surface area contributed by atoms with Gasteiger partial charge in [0.1, 0.15) is 5.60 Å². The van der Waals surface area contributed by atoms with E-state index in [1.54, 1.807) is 6.20 Å². The maximum atomic E-state index is 11.0. The van der Waals surface area contributed by atoms with Crippen molar-refractivity contribution in [3.63, 3.8) is 0 Å². The Hall–Kier alpha value is -0.540. The Morgan fingerprint density at radius 3 is 2.71 bits per heavy atom. The Morgan fingerprint density at radius 2 is 2.24 bits per heavy atom. The molecule has 2 rings (SSSR count). The molecule has 0 aliphatic heterocycles. The highest BCUT2D eigenvalue weighted by molar-refractivity contribution is 6.31. The van der Waals surface area contributed by atoms with Gasteiger partial charge in [-0.25, -0.2) is 0 Å². The van der Waals surface area contributed by atoms with Gasteiger partial charge in [-0.15, -0.1) is 0 Å². The van der Waals surface area contributed by atoms with Gasteiger partial charge >= 0.3 is 0 Å². The first-order valence-corrected chi connectivity index (χ1v) is 6.62. The lowest BCUT2D eigenvalue weighted by molar-refractivity contribution is -0.00901. The molecule has 1 heterocycles. The van der Waals surface area contributed by atoms with Gasteiger partial charge in [-0.05, 0) is 31.1 Å². The van der Waals surface area contributed by atoms with Crippen LogP contribution in [0.15, 0.2) is 6.20 Å². The van der Waals surface area contributed by atoms with E-state index >= 15 is 0 Å². The quantitative estimate of drug-likeness (QED) is 0.883. The lowest BCUT2D eigenvalue weighted by Crippen LogP contribution is -2.32. The zero-order valence-electron chi connectivity index (χ0n) is 11.0. The van der Waals surface area contributed by atoms with E-state index in [4.69, 9.17) is 11.6 Å². The first kappa shape index (κ1) is 12.9. The van der Waals surface area contributed by atoms with Gasteiger partial charge in [0.05, 0.1) is 16.9 Å². The summed E-state index contributed by atoms with van der Waals surface area (Å²) in [5.41, 5.74) is 0.104. The Balaban J connectivity index is 2.48. The van der Waals surface area contributed by atoms with Gasteiger partial charge in [-0.1, -0.05) is 32.4 Å². The van der Waals surface area contributed by atoms with E-state index < -0.39 is 5.60 Å². The fourth-order valence-corrected chi connectivity index (χ4v) is 3.63. The molecule has 0 amide bonds. The largest absolute Gasteiger partial charge is 0.383 e. The molecule has 0 radical (unpaired) electrons. The van der Waals surface area contributed by atoms with Crippen molar-refractivity contribution in [2.75, 3.05) is 0 Å². The molecule has 4 heteroatoms. The summed E-state index contributed by atoms with van der Waals surface area (Å²) in [6.07, 6.45) is 3.39. The zero-order chi connectivity index (χ0) is 12.8. The molecule has 1 aliphatic carbocycles. The predicted octanol–water partition coefficient (Wildman–Crippen LogP) is 3.20. The van der Waals surface area contributed by atoms with Gasteiger partial charge in [0.15, 0.2) is 0 Å². The summed E-state index contributed by atoms with van der Waals surface area (Å²) in [6, 6.07) is 0. The topological polar surface area (TPSA) is 38.0 Å². The van der Waals surface area contributed by atoms with Crippen LogP contribution in [0.25, 0.3) is 0 Å². The van der Waals surface area contributed by atoms with Crippen molar-refractivity contribution in [3.8, 4) is 0 Å². The average Bonchev–Trinajstić information content (AvgIpc) is 2.66. The van der Waals surface area contributed by atoms with Crippen molar-refractivity contribution in [3.05, 3.63) is 16.9 Å². The molecule has 0 saturated heterocycles. The van der Waals surface area contributed by atoms with Gasteiger partial charge in [0.25, 0.3) is 0 Å². The Kier molecular flexibility index (Phi) is 3.03. The van der Waals surface area contributed by atoms with Crippen molar-refractivity contribution >= 4 is 11.6 Å². The second-order valence-electron chi connectivity index (χ2n) is 6.03. The summed E-state index contributed by atoms with van der Waals surface area (Å²) >= 11 is 6.21. The zero-order valence-corrected chi connectivity index (χ0v) is 11.8. The molecule has 0 aromatic carbocycles. The van der Waals surface area contributed by atoms with Gasteiger partial charge in [0.2, 0.25) is 0 Å². The third-order valence-electron chi connectivity index (χ3n) is 3.93. The van der Waals surface area contributed by atoms with E-state index in [9.17, 15) is 5.11 Å². The van der Waals surface area contributed by atoms with Crippen LogP contribution in [0.3, 0.4) is 0 Å². The second-order valence-corrected chi connectivity index (χ2v) is 6.43. The number of aryl methyl sites for hydroxylation is 1. The van der Waals surface area contributed by atoms with Crippen LogP contribution < -0.4 is 0 Å². The maximum absolute atomic E-state index is 11.0. The minimum atomic E-state index is -0.840. The van der Waals surface area contributed by atoms with Crippen molar-refractivity contribution in [2.45, 2.75) is 52.7 Å². The second kappa shape index (κ2) is 3.99.